The third kappa shape index (κ3) is 3.29. The highest BCUT2D eigenvalue weighted by molar-refractivity contribution is 7.90. The van der Waals surface area contributed by atoms with E-state index in [-0.39, 0.29) is 16.6 Å². The summed E-state index contributed by atoms with van der Waals surface area (Å²) < 4.78 is 31.0. The lowest BCUT2D eigenvalue weighted by atomic mass is 9.94. The first kappa shape index (κ1) is 16.5. The van der Waals surface area contributed by atoms with Crippen molar-refractivity contribution in [2.75, 3.05) is 0 Å². The molecule has 0 aliphatic heterocycles. The highest BCUT2D eigenvalue weighted by Gasteiger charge is 2.33. The number of nitrogens with zero attached hydrogens (tertiary/aromatic N) is 2. The van der Waals surface area contributed by atoms with Crippen LogP contribution < -0.4 is 4.72 Å². The molecule has 0 unspecified atom stereocenters. The highest BCUT2D eigenvalue weighted by atomic mass is 32.2. The van der Waals surface area contributed by atoms with Gasteiger partial charge in [0.2, 0.25) is 0 Å². The van der Waals surface area contributed by atoms with Crippen LogP contribution in [0.3, 0.4) is 0 Å². The van der Waals surface area contributed by atoms with E-state index >= 15 is 0 Å². The molecular formula is C17H22FN3OS. The molecule has 0 radical (unpaired) electrons. The fraction of sp³-hybridized carbons (Fsp3) is 0.471. The molecule has 1 aliphatic rings. The summed E-state index contributed by atoms with van der Waals surface area (Å²) in [6.07, 6.45) is 4.51. The Morgan fingerprint density at radius 2 is 2.09 bits per heavy atom. The van der Waals surface area contributed by atoms with Crippen molar-refractivity contribution < 1.29 is 8.94 Å². The zero-order valence-electron chi connectivity index (χ0n) is 13.7. The Hall–Kier alpha value is -1.37. The van der Waals surface area contributed by atoms with Crippen molar-refractivity contribution in [1.82, 2.24) is 14.5 Å². The van der Waals surface area contributed by atoms with Crippen LogP contribution in [0.4, 0.5) is 4.39 Å². The minimum absolute atomic E-state index is 0.000619. The first-order valence-corrected chi connectivity index (χ1v) is 9.02. The fourth-order valence-electron chi connectivity index (χ4n) is 2.82. The molecule has 6 heteroatoms. The molecule has 23 heavy (non-hydrogen) atoms. The van der Waals surface area contributed by atoms with Gasteiger partial charge in [0.1, 0.15) is 16.3 Å². The maximum absolute atomic E-state index is 14.1. The molecule has 0 saturated heterocycles. The average molecular weight is 335 g/mol. The van der Waals surface area contributed by atoms with Gasteiger partial charge in [-0.15, -0.1) is 4.72 Å². The number of rotatable bonds is 3. The predicted molar refractivity (Wildman–Crippen MR) is 90.2 cm³/mol. The van der Waals surface area contributed by atoms with Crippen molar-refractivity contribution >= 4 is 11.4 Å². The number of nitrogens with one attached hydrogen (secondary N) is 1. The molecule has 1 aromatic carbocycles. The van der Waals surface area contributed by atoms with Crippen molar-refractivity contribution in [3.05, 3.63) is 47.5 Å². The van der Waals surface area contributed by atoms with Crippen molar-refractivity contribution in [3.63, 3.8) is 0 Å². The lowest BCUT2D eigenvalue weighted by Crippen LogP contribution is -2.42. The fourth-order valence-corrected chi connectivity index (χ4v) is 3.67. The standard InChI is InChI=1S/C17H22FN3OS/c1-17(2,3)23(22)20-14-8-6-10-15-12(14)11-19-21(15)16-9-5-4-7-13(16)18/h4-5,7,9,11,14,20H,6,8,10H2,1-3H3/t14-,23+/m1/s1. The van der Waals surface area contributed by atoms with E-state index in [2.05, 4.69) is 9.82 Å². The Morgan fingerprint density at radius 1 is 1.35 bits per heavy atom. The predicted octanol–water partition coefficient (Wildman–Crippen LogP) is 3.44. The van der Waals surface area contributed by atoms with Crippen LogP contribution in [0.15, 0.2) is 30.5 Å². The third-order valence-electron chi connectivity index (χ3n) is 4.07. The summed E-state index contributed by atoms with van der Waals surface area (Å²) in [6.45, 7) is 5.84. The van der Waals surface area contributed by atoms with Gasteiger partial charge in [-0.25, -0.2) is 9.07 Å². The van der Waals surface area contributed by atoms with Gasteiger partial charge in [0, 0.05) is 22.6 Å². The van der Waals surface area contributed by atoms with E-state index in [0.717, 1.165) is 30.5 Å². The number of fused-ring (bicyclic) bond motifs is 1. The van der Waals surface area contributed by atoms with Gasteiger partial charge in [0.15, 0.2) is 0 Å². The van der Waals surface area contributed by atoms with E-state index in [9.17, 15) is 8.94 Å². The molecule has 2 aromatic rings. The zero-order chi connectivity index (χ0) is 16.6. The van der Waals surface area contributed by atoms with Gasteiger partial charge in [-0.05, 0) is 52.2 Å². The van der Waals surface area contributed by atoms with Crippen LogP contribution >= 0.6 is 0 Å². The van der Waals surface area contributed by atoms with Gasteiger partial charge < -0.3 is 4.55 Å². The van der Waals surface area contributed by atoms with E-state index in [4.69, 9.17) is 0 Å². The van der Waals surface area contributed by atoms with Crippen LogP contribution in [0, 0.1) is 5.82 Å². The number of hydrogen-bond acceptors (Lipinski definition) is 3. The third-order valence-corrected chi connectivity index (χ3v) is 5.68. The summed E-state index contributed by atoms with van der Waals surface area (Å²) in [7, 11) is 0. The summed E-state index contributed by atoms with van der Waals surface area (Å²) >= 11 is -1.14. The van der Waals surface area contributed by atoms with Crippen LogP contribution in [0.25, 0.3) is 5.69 Å². The average Bonchev–Trinajstić information content (AvgIpc) is 2.91. The maximum Gasteiger partial charge on any atom is 0.148 e. The second-order valence-corrected chi connectivity index (χ2v) is 8.85. The molecule has 1 heterocycles. The van der Waals surface area contributed by atoms with Crippen LogP contribution in [0.2, 0.25) is 0 Å². The van der Waals surface area contributed by atoms with E-state index in [1.165, 1.54) is 6.07 Å². The number of para-hydroxylation sites is 1. The Bertz CT molecular complexity index is 695. The number of halogens is 1. The van der Waals surface area contributed by atoms with Crippen LogP contribution in [-0.4, -0.2) is 19.1 Å². The summed E-state index contributed by atoms with van der Waals surface area (Å²) in [6, 6.07) is 6.65. The summed E-state index contributed by atoms with van der Waals surface area (Å²) in [4.78, 5) is 0. The van der Waals surface area contributed by atoms with E-state index in [1.54, 1.807) is 29.1 Å². The maximum atomic E-state index is 14.1. The minimum Gasteiger partial charge on any atom is -0.598 e. The molecule has 0 amide bonds. The Kier molecular flexibility index (Phi) is 4.49. The van der Waals surface area contributed by atoms with Gasteiger partial charge in [0.25, 0.3) is 0 Å². The largest absolute Gasteiger partial charge is 0.598 e. The Morgan fingerprint density at radius 3 is 2.78 bits per heavy atom. The van der Waals surface area contributed by atoms with Gasteiger partial charge in [-0.1, -0.05) is 12.1 Å². The van der Waals surface area contributed by atoms with Gasteiger partial charge in [-0.3, -0.25) is 0 Å². The quantitative estimate of drug-likeness (QED) is 0.874. The van der Waals surface area contributed by atoms with Crippen molar-refractivity contribution in [2.45, 2.75) is 50.8 Å². The molecule has 1 N–H and O–H groups in total. The Labute approximate surface area is 139 Å². The molecular weight excluding hydrogens is 313 g/mol. The monoisotopic (exact) mass is 335 g/mol. The van der Waals surface area contributed by atoms with Crippen molar-refractivity contribution in [1.29, 1.82) is 0 Å². The molecule has 2 atom stereocenters. The molecule has 0 fully saturated rings. The zero-order valence-corrected chi connectivity index (χ0v) is 14.5. The molecule has 0 saturated carbocycles. The first-order valence-electron chi connectivity index (χ1n) is 7.87. The van der Waals surface area contributed by atoms with E-state index < -0.39 is 11.4 Å². The van der Waals surface area contributed by atoms with E-state index in [1.807, 2.05) is 20.8 Å². The van der Waals surface area contributed by atoms with Gasteiger partial charge in [0.05, 0.1) is 12.2 Å². The second-order valence-electron chi connectivity index (χ2n) is 6.85. The molecule has 1 aromatic heterocycles. The van der Waals surface area contributed by atoms with Crippen LogP contribution in [0.1, 0.15) is 50.9 Å². The molecule has 0 bridgehead atoms. The summed E-state index contributed by atoms with van der Waals surface area (Å²) in [5.41, 5.74) is 2.49. The smallest absolute Gasteiger partial charge is 0.148 e. The van der Waals surface area contributed by atoms with Gasteiger partial charge in [-0.2, -0.15) is 5.10 Å². The molecule has 3 rings (SSSR count). The molecule has 0 spiro atoms. The number of hydrogen-bond donors (Lipinski definition) is 1. The van der Waals surface area contributed by atoms with E-state index in [0.29, 0.717) is 5.69 Å². The van der Waals surface area contributed by atoms with Crippen molar-refractivity contribution in [2.24, 2.45) is 0 Å². The van der Waals surface area contributed by atoms with Crippen molar-refractivity contribution in [3.8, 4) is 5.69 Å². The second kappa shape index (κ2) is 6.26. The van der Waals surface area contributed by atoms with Crippen LogP contribution in [0.5, 0.6) is 0 Å². The normalized spacial score (nSPS) is 19.4. The summed E-state index contributed by atoms with van der Waals surface area (Å²) in [5.74, 6) is -0.285. The SMILES string of the molecule is CC(C)(C)[S@+]([O-])N[C@@H]1CCCc2c1cnn2-c1ccccc1F. The van der Waals surface area contributed by atoms with Gasteiger partial charge >= 0.3 is 0 Å². The summed E-state index contributed by atoms with van der Waals surface area (Å²) in [5, 5.41) is 4.39. The minimum atomic E-state index is -1.14. The Balaban J connectivity index is 1.92. The highest BCUT2D eigenvalue weighted by Crippen LogP contribution is 2.33. The molecule has 124 valence electrons. The lowest BCUT2D eigenvalue weighted by molar-refractivity contribution is 0.485. The molecule has 1 aliphatic carbocycles. The lowest BCUT2D eigenvalue weighted by Gasteiger charge is -2.30. The number of benzene rings is 1. The first-order chi connectivity index (χ1) is 10.9. The van der Waals surface area contributed by atoms with Crippen LogP contribution in [-0.2, 0) is 17.8 Å². The number of aromatic nitrogens is 2. The molecule has 4 nitrogen and oxygen atoms in total. The topological polar surface area (TPSA) is 52.9 Å².